The molecule has 0 fully saturated rings. The lowest BCUT2D eigenvalue weighted by Crippen LogP contribution is -2.40. The third-order valence-corrected chi connectivity index (χ3v) is 11.6. The summed E-state index contributed by atoms with van der Waals surface area (Å²) in [4.78, 5) is 36.5. The molecule has 0 aliphatic heterocycles. The number of aliphatic carboxylic acids is 1. The Hall–Kier alpha value is -1.89. The molecule has 7 nitrogen and oxygen atoms in total. The maximum Gasteiger partial charge on any atom is 0.326 e. The molecule has 1 amide bonds. The quantitative estimate of drug-likeness (QED) is 0.0320. The van der Waals surface area contributed by atoms with Gasteiger partial charge in [-0.25, -0.2) is 4.79 Å². The molecule has 0 spiro atoms. The highest BCUT2D eigenvalue weighted by Gasteiger charge is 2.19. The fraction of sp³-hybridized carbons (Fsp3) is 0.900. The van der Waals surface area contributed by atoms with Crippen molar-refractivity contribution in [1.82, 2.24) is 5.32 Å². The molecule has 0 aromatic heterocycles. The summed E-state index contributed by atoms with van der Waals surface area (Å²) < 4.78 is 6.08. The number of nitrogens with one attached hydrogen (secondary N) is 1. The minimum atomic E-state index is -1.00. The standard InChI is InChI=1S/C50H96N2O5/c1-3-5-7-9-11-13-15-17-19-21-23-25-27-29-34-38-44-49(54)57-46(40-35-31-28-26-24-22-20-18-16-14-12-10-8-6-4-2)41-36-32-30-33-37-43-48(53)52-47(50(55)56)42-39-45-51/h19,21,46-47H,3-18,20,22-45,51H2,1-2H3,(H,52,53)(H,55,56)/b21-19-. The summed E-state index contributed by atoms with van der Waals surface area (Å²) in [6.07, 6.45) is 51.2. The normalized spacial score (nSPS) is 12.6. The van der Waals surface area contributed by atoms with Crippen LogP contribution in [-0.2, 0) is 19.1 Å². The van der Waals surface area contributed by atoms with Crippen LogP contribution in [0, 0.1) is 0 Å². The molecule has 0 bridgehead atoms. The lowest BCUT2D eigenvalue weighted by molar-refractivity contribution is -0.150. The summed E-state index contributed by atoms with van der Waals surface area (Å²) in [5.74, 6) is -1.22. The van der Waals surface area contributed by atoms with Gasteiger partial charge in [-0.2, -0.15) is 0 Å². The van der Waals surface area contributed by atoms with E-state index in [2.05, 4.69) is 31.3 Å². The minimum Gasteiger partial charge on any atom is -0.480 e. The third-order valence-electron chi connectivity index (χ3n) is 11.6. The van der Waals surface area contributed by atoms with Crippen molar-refractivity contribution < 1.29 is 24.2 Å². The van der Waals surface area contributed by atoms with E-state index in [-0.39, 0.29) is 18.0 Å². The number of unbranched alkanes of at least 4 members (excludes halogenated alkanes) is 30. The van der Waals surface area contributed by atoms with Crippen molar-refractivity contribution >= 4 is 17.8 Å². The molecule has 0 rings (SSSR count). The first-order valence-electron chi connectivity index (χ1n) is 25.0. The van der Waals surface area contributed by atoms with Crippen LogP contribution in [0.4, 0.5) is 0 Å². The zero-order chi connectivity index (χ0) is 41.7. The average molecular weight is 805 g/mol. The van der Waals surface area contributed by atoms with E-state index in [0.717, 1.165) is 64.2 Å². The van der Waals surface area contributed by atoms with Crippen LogP contribution in [0.5, 0.6) is 0 Å². The summed E-state index contributed by atoms with van der Waals surface area (Å²) in [6.45, 7) is 4.97. The van der Waals surface area contributed by atoms with Crippen LogP contribution in [0.2, 0.25) is 0 Å². The van der Waals surface area contributed by atoms with Crippen LogP contribution in [0.1, 0.15) is 271 Å². The van der Waals surface area contributed by atoms with Gasteiger partial charge in [-0.05, 0) is 83.6 Å². The smallest absolute Gasteiger partial charge is 0.326 e. The van der Waals surface area contributed by atoms with E-state index < -0.39 is 12.0 Å². The van der Waals surface area contributed by atoms with E-state index in [4.69, 9.17) is 10.5 Å². The maximum absolute atomic E-state index is 12.9. The molecule has 0 aromatic rings. The van der Waals surface area contributed by atoms with E-state index in [1.54, 1.807) is 0 Å². The van der Waals surface area contributed by atoms with Crippen LogP contribution in [0.3, 0.4) is 0 Å². The Bertz CT molecular complexity index is 909. The van der Waals surface area contributed by atoms with Crippen molar-refractivity contribution in [2.75, 3.05) is 6.54 Å². The molecule has 0 radical (unpaired) electrons. The van der Waals surface area contributed by atoms with Crippen molar-refractivity contribution in [3.8, 4) is 0 Å². The number of carbonyl (C=O) groups excluding carboxylic acids is 2. The summed E-state index contributed by atoms with van der Waals surface area (Å²) in [7, 11) is 0. The number of amides is 1. The number of carbonyl (C=O) groups is 3. The van der Waals surface area contributed by atoms with Crippen molar-refractivity contribution in [3.05, 3.63) is 12.2 Å². The number of hydrogen-bond acceptors (Lipinski definition) is 5. The Morgan fingerprint density at radius 3 is 1.26 bits per heavy atom. The maximum atomic E-state index is 12.9. The first-order valence-corrected chi connectivity index (χ1v) is 25.0. The summed E-state index contributed by atoms with van der Waals surface area (Å²) >= 11 is 0. The fourth-order valence-electron chi connectivity index (χ4n) is 7.80. The molecule has 0 heterocycles. The van der Waals surface area contributed by atoms with E-state index >= 15 is 0 Å². The fourth-order valence-corrected chi connectivity index (χ4v) is 7.80. The molecule has 0 aliphatic rings. The second kappa shape index (κ2) is 45.2. The highest BCUT2D eigenvalue weighted by atomic mass is 16.5. The molecule has 2 atom stereocenters. The Kier molecular flexibility index (Phi) is 43.7. The van der Waals surface area contributed by atoms with Gasteiger partial charge in [-0.15, -0.1) is 0 Å². The molecule has 57 heavy (non-hydrogen) atoms. The van der Waals surface area contributed by atoms with Gasteiger partial charge in [-0.1, -0.05) is 193 Å². The van der Waals surface area contributed by atoms with E-state index in [0.29, 0.717) is 32.2 Å². The molecule has 7 heteroatoms. The number of carboxylic acids is 1. The van der Waals surface area contributed by atoms with Gasteiger partial charge in [0.2, 0.25) is 5.91 Å². The van der Waals surface area contributed by atoms with Crippen molar-refractivity contribution in [1.29, 1.82) is 0 Å². The Morgan fingerprint density at radius 1 is 0.491 bits per heavy atom. The summed E-state index contributed by atoms with van der Waals surface area (Å²) in [5.41, 5.74) is 5.50. The third kappa shape index (κ3) is 42.1. The van der Waals surface area contributed by atoms with Gasteiger partial charge in [0.25, 0.3) is 0 Å². The molecule has 0 aromatic carbocycles. The van der Waals surface area contributed by atoms with Gasteiger partial charge in [-0.3, -0.25) is 9.59 Å². The Balaban J connectivity index is 4.29. The number of allylic oxidation sites excluding steroid dienone is 2. The molecule has 2 unspecified atom stereocenters. The van der Waals surface area contributed by atoms with Crippen LogP contribution >= 0.6 is 0 Å². The molecule has 0 saturated carbocycles. The highest BCUT2D eigenvalue weighted by Crippen LogP contribution is 2.19. The SMILES string of the molecule is CCCCCCCCC/C=C\CCCCCCCC(=O)OC(CCCCCCCCCCCCCCCCC)CCCCCCCC(=O)NC(CCCN)C(=O)O. The number of esters is 1. The average Bonchev–Trinajstić information content (AvgIpc) is 3.20. The van der Waals surface area contributed by atoms with Crippen LogP contribution in [0.25, 0.3) is 0 Å². The first kappa shape index (κ1) is 55.1. The lowest BCUT2D eigenvalue weighted by Gasteiger charge is -2.18. The highest BCUT2D eigenvalue weighted by molar-refractivity contribution is 5.83. The van der Waals surface area contributed by atoms with Gasteiger partial charge in [0.1, 0.15) is 12.1 Å². The van der Waals surface area contributed by atoms with Crippen molar-refractivity contribution in [3.63, 3.8) is 0 Å². The Labute approximate surface area is 353 Å². The summed E-state index contributed by atoms with van der Waals surface area (Å²) in [6, 6.07) is -0.855. The van der Waals surface area contributed by atoms with Gasteiger partial charge in [0, 0.05) is 12.8 Å². The lowest BCUT2D eigenvalue weighted by atomic mass is 10.0. The first-order chi connectivity index (χ1) is 27.9. The second-order valence-electron chi connectivity index (χ2n) is 17.2. The number of nitrogens with two attached hydrogens (primary N) is 1. The van der Waals surface area contributed by atoms with Crippen molar-refractivity contribution in [2.45, 2.75) is 283 Å². The second-order valence-corrected chi connectivity index (χ2v) is 17.2. The molecule has 0 aliphatic carbocycles. The van der Waals surface area contributed by atoms with Gasteiger partial charge in [0.05, 0.1) is 0 Å². The summed E-state index contributed by atoms with van der Waals surface area (Å²) in [5, 5.41) is 12.0. The van der Waals surface area contributed by atoms with Gasteiger partial charge >= 0.3 is 11.9 Å². The number of rotatable bonds is 46. The molecule has 0 saturated heterocycles. The van der Waals surface area contributed by atoms with E-state index in [1.807, 2.05) is 0 Å². The number of carboxylic acid groups (broad SMARTS) is 1. The monoisotopic (exact) mass is 805 g/mol. The zero-order valence-corrected chi connectivity index (χ0v) is 38.0. The Morgan fingerprint density at radius 2 is 0.860 bits per heavy atom. The predicted molar refractivity (Wildman–Crippen MR) is 244 cm³/mol. The molecule has 336 valence electrons. The van der Waals surface area contributed by atoms with Crippen LogP contribution < -0.4 is 11.1 Å². The molecular weight excluding hydrogens is 709 g/mol. The van der Waals surface area contributed by atoms with Gasteiger partial charge < -0.3 is 20.9 Å². The number of ether oxygens (including phenoxy) is 1. The van der Waals surface area contributed by atoms with Gasteiger partial charge in [0.15, 0.2) is 0 Å². The van der Waals surface area contributed by atoms with Crippen LogP contribution in [0.15, 0.2) is 12.2 Å². The van der Waals surface area contributed by atoms with Crippen molar-refractivity contribution in [2.24, 2.45) is 5.73 Å². The topological polar surface area (TPSA) is 119 Å². The zero-order valence-electron chi connectivity index (χ0n) is 38.0. The van der Waals surface area contributed by atoms with E-state index in [1.165, 1.54) is 167 Å². The van der Waals surface area contributed by atoms with E-state index in [9.17, 15) is 19.5 Å². The largest absolute Gasteiger partial charge is 0.480 e. The predicted octanol–water partition coefficient (Wildman–Crippen LogP) is 14.6. The molecule has 4 N–H and O–H groups in total. The van der Waals surface area contributed by atoms with Crippen LogP contribution in [-0.4, -0.2) is 41.6 Å². The minimum absolute atomic E-state index is 0.0135. The molecular formula is C50H96N2O5. The number of hydrogen-bond donors (Lipinski definition) is 3.